The van der Waals surface area contributed by atoms with Crippen LogP contribution in [0.5, 0.6) is 0 Å². The van der Waals surface area contributed by atoms with Gasteiger partial charge in [0, 0.05) is 30.6 Å². The third-order valence-electron chi connectivity index (χ3n) is 5.25. The van der Waals surface area contributed by atoms with Crippen molar-refractivity contribution in [2.75, 3.05) is 13.6 Å². The molecule has 0 unspecified atom stereocenters. The van der Waals surface area contributed by atoms with Crippen LogP contribution in [0.15, 0.2) is 59.4 Å². The van der Waals surface area contributed by atoms with Gasteiger partial charge in [-0.05, 0) is 43.5 Å². The van der Waals surface area contributed by atoms with Gasteiger partial charge in [0.1, 0.15) is 0 Å². The zero-order chi connectivity index (χ0) is 17.2. The predicted octanol–water partition coefficient (Wildman–Crippen LogP) is 3.62. The second kappa shape index (κ2) is 6.85. The molecule has 1 aliphatic rings. The fraction of sp³-hybridized carbons (Fsp3) is 0.318. The minimum atomic E-state index is 0.202. The van der Waals surface area contributed by atoms with Gasteiger partial charge in [-0.15, -0.1) is 0 Å². The average molecular weight is 332 g/mol. The van der Waals surface area contributed by atoms with Gasteiger partial charge in [-0.3, -0.25) is 4.79 Å². The number of aryl methyl sites for hydroxylation is 2. The summed E-state index contributed by atoms with van der Waals surface area (Å²) < 4.78 is 2.00. The highest BCUT2D eigenvalue weighted by Gasteiger charge is 2.21. The maximum atomic E-state index is 13.2. The molecular formula is C22H24N2O. The molecule has 0 saturated carbocycles. The van der Waals surface area contributed by atoms with Crippen molar-refractivity contribution in [3.63, 3.8) is 0 Å². The fourth-order valence-corrected chi connectivity index (χ4v) is 3.94. The van der Waals surface area contributed by atoms with Crippen molar-refractivity contribution in [3.05, 3.63) is 81.6 Å². The summed E-state index contributed by atoms with van der Waals surface area (Å²) in [4.78, 5) is 15.4. The molecular weight excluding hydrogens is 308 g/mol. The Labute approximate surface area is 148 Å². The summed E-state index contributed by atoms with van der Waals surface area (Å²) in [6.45, 7) is 2.55. The lowest BCUT2D eigenvalue weighted by atomic mass is 9.96. The van der Waals surface area contributed by atoms with Gasteiger partial charge in [-0.2, -0.15) is 0 Å². The van der Waals surface area contributed by atoms with Crippen LogP contribution < -0.4 is 5.56 Å². The third kappa shape index (κ3) is 3.12. The van der Waals surface area contributed by atoms with Crippen LogP contribution in [-0.2, 0) is 25.9 Å². The zero-order valence-corrected chi connectivity index (χ0v) is 14.7. The lowest BCUT2D eigenvalue weighted by Gasteiger charge is -2.27. The van der Waals surface area contributed by atoms with Crippen molar-refractivity contribution in [3.8, 4) is 0 Å². The van der Waals surface area contributed by atoms with Crippen molar-refractivity contribution in [2.24, 2.45) is 0 Å². The topological polar surface area (TPSA) is 25.2 Å². The number of para-hydroxylation sites is 1. The standard InChI is InChI=1S/C22H24N2O/c1-23-15-13-18-19-11-5-6-12-21(19)24(22(25)20(18)16-23)14-7-10-17-8-3-2-4-9-17/h2-6,8-9,11-12H,7,10,13-16H2,1H3. The van der Waals surface area contributed by atoms with E-state index >= 15 is 0 Å². The highest BCUT2D eigenvalue weighted by molar-refractivity contribution is 5.84. The molecule has 3 heteroatoms. The Bertz CT molecular complexity index is 943. The van der Waals surface area contributed by atoms with E-state index in [0.29, 0.717) is 0 Å². The first-order valence-corrected chi connectivity index (χ1v) is 9.10. The van der Waals surface area contributed by atoms with Crippen LogP contribution in [0.4, 0.5) is 0 Å². The first-order valence-electron chi connectivity index (χ1n) is 9.10. The van der Waals surface area contributed by atoms with Gasteiger partial charge < -0.3 is 9.47 Å². The summed E-state index contributed by atoms with van der Waals surface area (Å²) in [6, 6.07) is 18.9. The molecule has 0 bridgehead atoms. The summed E-state index contributed by atoms with van der Waals surface area (Å²) in [5.74, 6) is 0. The Hall–Kier alpha value is -2.39. The van der Waals surface area contributed by atoms with Crippen molar-refractivity contribution < 1.29 is 0 Å². The normalized spacial score (nSPS) is 14.6. The summed E-state index contributed by atoms with van der Waals surface area (Å²) in [7, 11) is 2.09. The summed E-state index contributed by atoms with van der Waals surface area (Å²) >= 11 is 0. The van der Waals surface area contributed by atoms with Gasteiger partial charge >= 0.3 is 0 Å². The van der Waals surface area contributed by atoms with Crippen LogP contribution in [0.2, 0.25) is 0 Å². The van der Waals surface area contributed by atoms with Crippen LogP contribution in [0.25, 0.3) is 10.9 Å². The van der Waals surface area contributed by atoms with E-state index in [4.69, 9.17) is 0 Å². The van der Waals surface area contributed by atoms with Gasteiger partial charge in [0.2, 0.25) is 0 Å². The van der Waals surface area contributed by atoms with E-state index in [9.17, 15) is 4.79 Å². The number of aromatic nitrogens is 1. The lowest BCUT2D eigenvalue weighted by molar-refractivity contribution is 0.310. The Kier molecular flexibility index (Phi) is 4.41. The van der Waals surface area contributed by atoms with E-state index in [2.05, 4.69) is 54.4 Å². The Morgan fingerprint density at radius 2 is 1.72 bits per heavy atom. The molecule has 0 radical (unpaired) electrons. The van der Waals surface area contributed by atoms with E-state index < -0.39 is 0 Å². The molecule has 1 aromatic heterocycles. The van der Waals surface area contributed by atoms with Crippen LogP contribution in [0.3, 0.4) is 0 Å². The van der Waals surface area contributed by atoms with Crippen molar-refractivity contribution in [2.45, 2.75) is 32.4 Å². The zero-order valence-electron chi connectivity index (χ0n) is 14.7. The molecule has 0 spiro atoms. The molecule has 0 saturated heterocycles. The molecule has 3 aromatic rings. The molecule has 0 atom stereocenters. The van der Waals surface area contributed by atoms with Gasteiger partial charge in [0.05, 0.1) is 5.52 Å². The van der Waals surface area contributed by atoms with Crippen LogP contribution in [0.1, 0.15) is 23.1 Å². The molecule has 4 rings (SSSR count). The maximum Gasteiger partial charge on any atom is 0.255 e. The number of pyridine rings is 1. The number of benzene rings is 2. The third-order valence-corrected chi connectivity index (χ3v) is 5.25. The van der Waals surface area contributed by atoms with Gasteiger partial charge in [0.15, 0.2) is 0 Å². The summed E-state index contributed by atoms with van der Waals surface area (Å²) in [6.07, 6.45) is 2.94. The van der Waals surface area contributed by atoms with E-state index in [-0.39, 0.29) is 5.56 Å². The molecule has 0 aliphatic carbocycles. The Balaban J connectivity index is 1.70. The predicted molar refractivity (Wildman–Crippen MR) is 103 cm³/mol. The van der Waals surface area contributed by atoms with Crippen LogP contribution in [0, 0.1) is 0 Å². The van der Waals surface area contributed by atoms with Crippen molar-refractivity contribution >= 4 is 10.9 Å². The highest BCUT2D eigenvalue weighted by atomic mass is 16.1. The van der Waals surface area contributed by atoms with E-state index in [1.54, 1.807) is 0 Å². The molecule has 0 fully saturated rings. The molecule has 2 aromatic carbocycles. The maximum absolute atomic E-state index is 13.2. The molecule has 0 N–H and O–H groups in total. The molecule has 2 heterocycles. The second-order valence-corrected chi connectivity index (χ2v) is 7.01. The fourth-order valence-electron chi connectivity index (χ4n) is 3.94. The molecule has 128 valence electrons. The monoisotopic (exact) mass is 332 g/mol. The number of fused-ring (bicyclic) bond motifs is 3. The van der Waals surface area contributed by atoms with Gasteiger partial charge in [-0.1, -0.05) is 48.5 Å². The Morgan fingerprint density at radius 1 is 0.960 bits per heavy atom. The first kappa shape index (κ1) is 16.1. The molecule has 25 heavy (non-hydrogen) atoms. The highest BCUT2D eigenvalue weighted by Crippen LogP contribution is 2.24. The number of rotatable bonds is 4. The van der Waals surface area contributed by atoms with Gasteiger partial charge in [-0.25, -0.2) is 0 Å². The van der Waals surface area contributed by atoms with Gasteiger partial charge in [0.25, 0.3) is 5.56 Å². The average Bonchev–Trinajstić information content (AvgIpc) is 2.65. The SMILES string of the molecule is CN1CCc2c(c(=O)n(CCCc3ccccc3)c3ccccc23)C1. The summed E-state index contributed by atoms with van der Waals surface area (Å²) in [5.41, 5.74) is 4.87. The smallest absolute Gasteiger partial charge is 0.255 e. The summed E-state index contributed by atoms with van der Waals surface area (Å²) in [5, 5.41) is 1.25. The second-order valence-electron chi connectivity index (χ2n) is 7.01. The van der Waals surface area contributed by atoms with E-state index in [0.717, 1.165) is 50.0 Å². The lowest BCUT2D eigenvalue weighted by Crippen LogP contribution is -2.35. The minimum absolute atomic E-state index is 0.202. The molecule has 0 amide bonds. The van der Waals surface area contributed by atoms with E-state index in [1.807, 2.05) is 16.7 Å². The molecule has 1 aliphatic heterocycles. The van der Waals surface area contributed by atoms with Crippen molar-refractivity contribution in [1.82, 2.24) is 9.47 Å². The van der Waals surface area contributed by atoms with Crippen LogP contribution >= 0.6 is 0 Å². The quantitative estimate of drug-likeness (QED) is 0.729. The van der Waals surface area contributed by atoms with Crippen molar-refractivity contribution in [1.29, 1.82) is 0 Å². The number of hydrogen-bond acceptors (Lipinski definition) is 2. The number of hydrogen-bond donors (Lipinski definition) is 0. The minimum Gasteiger partial charge on any atom is -0.308 e. The number of nitrogens with zero attached hydrogens (tertiary/aromatic N) is 2. The number of likely N-dealkylation sites (N-methyl/N-ethyl adjacent to an activating group) is 1. The van der Waals surface area contributed by atoms with E-state index in [1.165, 1.54) is 16.5 Å². The Morgan fingerprint density at radius 3 is 2.56 bits per heavy atom. The molecule has 3 nitrogen and oxygen atoms in total. The largest absolute Gasteiger partial charge is 0.308 e. The first-order chi connectivity index (χ1) is 12.2. The van der Waals surface area contributed by atoms with Crippen LogP contribution in [-0.4, -0.2) is 23.1 Å².